The fraction of sp³-hybridized carbons (Fsp3) is 0.500. The number of methoxy groups -OCH3 is 1. The molecule has 0 saturated heterocycles. The molecule has 4 nitrogen and oxygen atoms in total. The van der Waals surface area contributed by atoms with Gasteiger partial charge in [-0.25, -0.2) is 13.1 Å². The first kappa shape index (κ1) is 15.3. The van der Waals surface area contributed by atoms with Gasteiger partial charge in [-0.15, -0.1) is 0 Å². The summed E-state index contributed by atoms with van der Waals surface area (Å²) in [6.07, 6.45) is 0. The molecule has 0 aliphatic heterocycles. The Morgan fingerprint density at radius 2 is 2.00 bits per heavy atom. The Morgan fingerprint density at radius 1 is 1.39 bits per heavy atom. The molecule has 0 spiro atoms. The van der Waals surface area contributed by atoms with Crippen molar-refractivity contribution in [3.05, 3.63) is 27.8 Å². The molecule has 0 aliphatic rings. The lowest BCUT2D eigenvalue weighted by Gasteiger charge is -2.15. The van der Waals surface area contributed by atoms with Crippen molar-refractivity contribution in [3.63, 3.8) is 0 Å². The van der Waals surface area contributed by atoms with Gasteiger partial charge in [0.2, 0.25) is 10.0 Å². The number of nitrogens with one attached hydrogen (secondary N) is 1. The van der Waals surface area contributed by atoms with Gasteiger partial charge < -0.3 is 4.74 Å². The van der Waals surface area contributed by atoms with Gasteiger partial charge in [0.1, 0.15) is 5.75 Å². The predicted molar refractivity (Wildman–Crippen MR) is 73.8 cm³/mol. The average molecular weight is 292 g/mol. The van der Waals surface area contributed by atoms with Gasteiger partial charge >= 0.3 is 0 Å². The van der Waals surface area contributed by atoms with Gasteiger partial charge in [-0.3, -0.25) is 0 Å². The number of sulfonamides is 1. The lowest BCUT2D eigenvalue weighted by molar-refractivity contribution is 0.408. The van der Waals surface area contributed by atoms with Gasteiger partial charge in [0.25, 0.3) is 0 Å². The minimum atomic E-state index is -3.23. The van der Waals surface area contributed by atoms with Crippen LogP contribution >= 0.6 is 11.6 Å². The van der Waals surface area contributed by atoms with Crippen molar-refractivity contribution in [2.45, 2.75) is 27.3 Å². The van der Waals surface area contributed by atoms with Crippen LogP contribution < -0.4 is 9.46 Å². The number of ether oxygens (including phenoxy) is 1. The predicted octanol–water partition coefficient (Wildman–Crippen LogP) is 2.40. The van der Waals surface area contributed by atoms with Crippen molar-refractivity contribution in [2.75, 3.05) is 12.9 Å². The van der Waals surface area contributed by atoms with Crippen molar-refractivity contribution < 1.29 is 13.2 Å². The molecule has 1 N–H and O–H groups in total. The second-order valence-corrected chi connectivity index (χ2v) is 6.51. The van der Waals surface area contributed by atoms with Gasteiger partial charge in [-0.05, 0) is 38.0 Å². The number of rotatable bonds is 5. The number of halogens is 1. The van der Waals surface area contributed by atoms with Gasteiger partial charge in [0.15, 0.2) is 0 Å². The lowest BCUT2D eigenvalue weighted by atomic mass is 10.0. The van der Waals surface area contributed by atoms with E-state index in [1.807, 2.05) is 19.9 Å². The summed E-state index contributed by atoms with van der Waals surface area (Å²) in [5, 5.41) is 0.640. The minimum Gasteiger partial charge on any atom is -0.496 e. The van der Waals surface area contributed by atoms with E-state index in [9.17, 15) is 8.42 Å². The van der Waals surface area contributed by atoms with E-state index in [1.165, 1.54) is 0 Å². The van der Waals surface area contributed by atoms with Crippen LogP contribution in [0.25, 0.3) is 0 Å². The fourth-order valence-electron chi connectivity index (χ4n) is 1.65. The molecule has 6 heteroatoms. The molecule has 0 heterocycles. The molecule has 0 fully saturated rings. The molecule has 1 aromatic rings. The minimum absolute atomic E-state index is 0.0496. The third-order valence-electron chi connectivity index (χ3n) is 2.84. The molecule has 0 bridgehead atoms. The second kappa shape index (κ2) is 5.91. The first-order valence-corrected chi connectivity index (χ1v) is 7.65. The molecule has 0 radical (unpaired) electrons. The third kappa shape index (κ3) is 3.37. The summed E-state index contributed by atoms with van der Waals surface area (Å²) in [7, 11) is -1.68. The number of hydrogen-bond donors (Lipinski definition) is 1. The average Bonchev–Trinajstić information content (AvgIpc) is 2.34. The van der Waals surface area contributed by atoms with Crippen LogP contribution in [0, 0.1) is 13.8 Å². The molecule has 18 heavy (non-hydrogen) atoms. The molecule has 0 unspecified atom stereocenters. The maximum Gasteiger partial charge on any atom is 0.211 e. The smallest absolute Gasteiger partial charge is 0.211 e. The van der Waals surface area contributed by atoms with Gasteiger partial charge in [0, 0.05) is 17.1 Å². The van der Waals surface area contributed by atoms with Crippen LogP contribution in [0.2, 0.25) is 5.02 Å². The summed E-state index contributed by atoms with van der Waals surface area (Å²) < 4.78 is 30.7. The zero-order valence-electron chi connectivity index (χ0n) is 11.0. The van der Waals surface area contributed by atoms with Crippen molar-refractivity contribution in [1.29, 1.82) is 0 Å². The van der Waals surface area contributed by atoms with Crippen LogP contribution in [-0.2, 0) is 16.6 Å². The van der Waals surface area contributed by atoms with Crippen molar-refractivity contribution >= 4 is 21.6 Å². The monoisotopic (exact) mass is 291 g/mol. The highest BCUT2D eigenvalue weighted by molar-refractivity contribution is 7.89. The normalized spacial score (nSPS) is 11.6. The second-order valence-electron chi connectivity index (χ2n) is 4.04. The molecule has 1 rings (SSSR count). The van der Waals surface area contributed by atoms with Gasteiger partial charge in [-0.1, -0.05) is 11.6 Å². The van der Waals surface area contributed by atoms with E-state index >= 15 is 0 Å². The highest BCUT2D eigenvalue weighted by atomic mass is 35.5. The van der Waals surface area contributed by atoms with Gasteiger partial charge in [-0.2, -0.15) is 0 Å². The van der Waals surface area contributed by atoms with E-state index in [0.29, 0.717) is 10.8 Å². The highest BCUT2D eigenvalue weighted by Gasteiger charge is 2.15. The van der Waals surface area contributed by atoms with Crippen LogP contribution in [-0.4, -0.2) is 21.3 Å². The summed E-state index contributed by atoms with van der Waals surface area (Å²) in [6.45, 7) is 5.52. The number of hydrogen-bond acceptors (Lipinski definition) is 3. The van der Waals surface area contributed by atoms with Crippen LogP contribution in [0.15, 0.2) is 6.07 Å². The summed E-state index contributed by atoms with van der Waals surface area (Å²) in [6, 6.07) is 1.81. The molecule has 0 aliphatic carbocycles. The van der Waals surface area contributed by atoms with E-state index in [-0.39, 0.29) is 12.3 Å². The SMILES string of the molecule is CCS(=O)(=O)NCc1c(OC)cc(C)c(Cl)c1C. The van der Waals surface area contributed by atoms with Crippen LogP contribution in [0.5, 0.6) is 5.75 Å². The van der Waals surface area contributed by atoms with Crippen molar-refractivity contribution in [1.82, 2.24) is 4.72 Å². The van der Waals surface area contributed by atoms with E-state index in [1.54, 1.807) is 14.0 Å². The van der Waals surface area contributed by atoms with E-state index in [0.717, 1.165) is 16.7 Å². The Morgan fingerprint density at radius 3 is 2.50 bits per heavy atom. The Bertz CT molecular complexity index is 541. The maximum atomic E-state index is 11.5. The Hall–Kier alpha value is -0.780. The van der Waals surface area contributed by atoms with Crippen molar-refractivity contribution in [3.8, 4) is 5.75 Å². The topological polar surface area (TPSA) is 55.4 Å². The molecular weight excluding hydrogens is 274 g/mol. The van der Waals surface area contributed by atoms with Crippen molar-refractivity contribution in [2.24, 2.45) is 0 Å². The van der Waals surface area contributed by atoms with E-state index in [4.69, 9.17) is 16.3 Å². The van der Waals surface area contributed by atoms with Crippen LogP contribution in [0.1, 0.15) is 23.6 Å². The fourth-order valence-corrected chi connectivity index (χ4v) is 2.38. The summed E-state index contributed by atoms with van der Waals surface area (Å²) in [4.78, 5) is 0. The molecule has 102 valence electrons. The lowest BCUT2D eigenvalue weighted by Crippen LogP contribution is -2.25. The van der Waals surface area contributed by atoms with Crippen LogP contribution in [0.4, 0.5) is 0 Å². The largest absolute Gasteiger partial charge is 0.496 e. The third-order valence-corrected chi connectivity index (χ3v) is 4.77. The Labute approximate surface area is 113 Å². The van der Waals surface area contributed by atoms with E-state index in [2.05, 4.69) is 4.72 Å². The summed E-state index contributed by atoms with van der Waals surface area (Å²) >= 11 is 6.16. The first-order valence-electron chi connectivity index (χ1n) is 5.62. The summed E-state index contributed by atoms with van der Waals surface area (Å²) in [5.41, 5.74) is 2.52. The zero-order chi connectivity index (χ0) is 13.9. The number of aryl methyl sites for hydroxylation is 1. The Balaban J connectivity index is 3.12. The Kier molecular flexibility index (Phi) is 5.01. The molecule has 0 aromatic heterocycles. The standard InChI is InChI=1S/C12H18ClNO3S/c1-5-18(15,16)14-7-10-9(3)12(13)8(2)6-11(10)17-4/h6,14H,5,7H2,1-4H3. The first-order chi connectivity index (χ1) is 8.32. The van der Waals surface area contributed by atoms with E-state index < -0.39 is 10.0 Å². The molecule has 0 amide bonds. The molecule has 0 saturated carbocycles. The molecule has 1 aromatic carbocycles. The maximum absolute atomic E-state index is 11.5. The zero-order valence-corrected chi connectivity index (χ0v) is 12.6. The molecular formula is C12H18ClNO3S. The van der Waals surface area contributed by atoms with Crippen LogP contribution in [0.3, 0.4) is 0 Å². The highest BCUT2D eigenvalue weighted by Crippen LogP contribution is 2.31. The quantitative estimate of drug-likeness (QED) is 0.906. The summed E-state index contributed by atoms with van der Waals surface area (Å²) in [5.74, 6) is 0.696. The number of benzene rings is 1. The van der Waals surface area contributed by atoms with Gasteiger partial charge in [0.05, 0.1) is 12.9 Å². The molecule has 0 atom stereocenters.